The van der Waals surface area contributed by atoms with Crippen LogP contribution in [0.5, 0.6) is 5.88 Å². The number of nitrogens with zero attached hydrogens (tertiary/aromatic N) is 1. The average molecular weight is 255 g/mol. The quantitative estimate of drug-likeness (QED) is 0.820. The van der Waals surface area contributed by atoms with Crippen LogP contribution in [0.4, 0.5) is 4.39 Å². The van der Waals surface area contributed by atoms with Crippen molar-refractivity contribution >= 4 is 11.6 Å². The highest BCUT2D eigenvalue weighted by atomic mass is 35.5. The molecule has 1 heterocycles. The van der Waals surface area contributed by atoms with E-state index in [2.05, 4.69) is 9.97 Å². The molecule has 6 heteroatoms. The number of aromatic nitrogens is 2. The molecule has 2 N–H and O–H groups in total. The van der Waals surface area contributed by atoms with Crippen LogP contribution in [0.25, 0.3) is 11.4 Å². The van der Waals surface area contributed by atoms with Gasteiger partial charge in [-0.2, -0.15) is 4.98 Å². The van der Waals surface area contributed by atoms with Gasteiger partial charge in [0.2, 0.25) is 5.88 Å². The number of hydrogen-bond donors (Lipinski definition) is 2. The Morgan fingerprint density at radius 3 is 2.82 bits per heavy atom. The Hall–Kier alpha value is -1.88. The first kappa shape index (κ1) is 11.6. The normalized spacial score (nSPS) is 10.5. The maximum atomic E-state index is 13.7. The van der Waals surface area contributed by atoms with Gasteiger partial charge in [-0.05, 0) is 19.1 Å². The van der Waals surface area contributed by atoms with Gasteiger partial charge in [-0.25, -0.2) is 4.39 Å². The highest BCUT2D eigenvalue weighted by molar-refractivity contribution is 6.31. The van der Waals surface area contributed by atoms with E-state index in [1.54, 1.807) is 0 Å². The zero-order chi connectivity index (χ0) is 12.6. The van der Waals surface area contributed by atoms with Gasteiger partial charge in [-0.15, -0.1) is 0 Å². The Kier molecular flexibility index (Phi) is 2.85. The minimum Gasteiger partial charge on any atom is -0.493 e. The standard InChI is InChI=1S/C11H8ClFN2O2/c1-5-10(16)14-9(15-11(5)17)6-3-2-4-7(12)8(6)13/h2-4H,1H3,(H2,14,15,16,17). The van der Waals surface area contributed by atoms with E-state index in [9.17, 15) is 14.3 Å². The number of rotatable bonds is 1. The molecule has 1 aromatic carbocycles. The fraction of sp³-hybridized carbons (Fsp3) is 0.0909. The molecule has 0 spiro atoms. The molecule has 1 aromatic heterocycles. The van der Waals surface area contributed by atoms with E-state index in [4.69, 9.17) is 11.6 Å². The van der Waals surface area contributed by atoms with Gasteiger partial charge < -0.3 is 10.1 Å². The lowest BCUT2D eigenvalue weighted by atomic mass is 10.2. The summed E-state index contributed by atoms with van der Waals surface area (Å²) < 4.78 is 13.7. The number of aromatic hydroxyl groups is 1. The number of halogens is 2. The monoisotopic (exact) mass is 254 g/mol. The molecule has 0 bridgehead atoms. The lowest BCUT2D eigenvalue weighted by molar-refractivity contribution is 0.447. The van der Waals surface area contributed by atoms with E-state index in [0.29, 0.717) is 0 Å². The topological polar surface area (TPSA) is 66.0 Å². The van der Waals surface area contributed by atoms with E-state index >= 15 is 0 Å². The number of nitrogens with one attached hydrogen (secondary N) is 1. The molecule has 0 radical (unpaired) electrons. The Labute approximate surface area is 101 Å². The molecule has 17 heavy (non-hydrogen) atoms. The van der Waals surface area contributed by atoms with Crippen LogP contribution in [0.15, 0.2) is 23.0 Å². The van der Waals surface area contributed by atoms with Crippen LogP contribution in [0, 0.1) is 12.7 Å². The Balaban J connectivity index is 2.70. The molecular weight excluding hydrogens is 247 g/mol. The first-order chi connectivity index (χ1) is 8.00. The van der Waals surface area contributed by atoms with Crippen LogP contribution in [0.1, 0.15) is 5.56 Å². The largest absolute Gasteiger partial charge is 0.493 e. The molecule has 0 amide bonds. The molecule has 4 nitrogen and oxygen atoms in total. The second-order valence-electron chi connectivity index (χ2n) is 3.46. The van der Waals surface area contributed by atoms with Gasteiger partial charge in [0.05, 0.1) is 16.1 Å². The number of H-pyrrole nitrogens is 1. The van der Waals surface area contributed by atoms with Gasteiger partial charge >= 0.3 is 0 Å². The maximum Gasteiger partial charge on any atom is 0.257 e. The summed E-state index contributed by atoms with van der Waals surface area (Å²) in [4.78, 5) is 17.5. The summed E-state index contributed by atoms with van der Waals surface area (Å²) in [6.45, 7) is 1.42. The summed E-state index contributed by atoms with van der Waals surface area (Å²) >= 11 is 5.62. The second kappa shape index (κ2) is 4.18. The summed E-state index contributed by atoms with van der Waals surface area (Å²) in [7, 11) is 0. The van der Waals surface area contributed by atoms with Gasteiger partial charge in [-0.1, -0.05) is 17.7 Å². The average Bonchev–Trinajstić information content (AvgIpc) is 2.29. The highest BCUT2D eigenvalue weighted by Gasteiger charge is 2.13. The number of benzene rings is 1. The van der Waals surface area contributed by atoms with E-state index < -0.39 is 17.3 Å². The summed E-state index contributed by atoms with van der Waals surface area (Å²) in [5.74, 6) is -1.18. The van der Waals surface area contributed by atoms with Crippen molar-refractivity contribution in [1.29, 1.82) is 0 Å². The first-order valence-electron chi connectivity index (χ1n) is 4.75. The Morgan fingerprint density at radius 2 is 2.18 bits per heavy atom. The zero-order valence-corrected chi connectivity index (χ0v) is 9.55. The van der Waals surface area contributed by atoms with Gasteiger partial charge in [0, 0.05) is 0 Å². The van der Waals surface area contributed by atoms with Gasteiger partial charge in [-0.3, -0.25) is 4.79 Å². The molecule has 0 atom stereocenters. The molecular formula is C11H8ClFN2O2. The highest BCUT2D eigenvalue weighted by Crippen LogP contribution is 2.25. The van der Waals surface area contributed by atoms with E-state index in [0.717, 1.165) is 0 Å². The summed E-state index contributed by atoms with van der Waals surface area (Å²) in [5.41, 5.74) is -0.409. The molecule has 0 aliphatic heterocycles. The van der Waals surface area contributed by atoms with Crippen molar-refractivity contribution in [3.63, 3.8) is 0 Å². The van der Waals surface area contributed by atoms with Gasteiger partial charge in [0.1, 0.15) is 5.82 Å². The third kappa shape index (κ3) is 2.01. The Morgan fingerprint density at radius 1 is 1.47 bits per heavy atom. The van der Waals surface area contributed by atoms with Crippen molar-refractivity contribution < 1.29 is 9.50 Å². The predicted molar refractivity (Wildman–Crippen MR) is 61.7 cm³/mol. The second-order valence-corrected chi connectivity index (χ2v) is 3.87. The van der Waals surface area contributed by atoms with Crippen LogP contribution in [0.3, 0.4) is 0 Å². The van der Waals surface area contributed by atoms with E-state index in [1.807, 2.05) is 0 Å². The molecule has 0 aliphatic rings. The summed E-state index contributed by atoms with van der Waals surface area (Å²) in [5, 5.41) is 9.34. The molecule has 0 unspecified atom stereocenters. The van der Waals surface area contributed by atoms with Crippen LogP contribution >= 0.6 is 11.6 Å². The fourth-order valence-electron chi connectivity index (χ4n) is 1.33. The zero-order valence-electron chi connectivity index (χ0n) is 8.79. The maximum absolute atomic E-state index is 13.7. The van der Waals surface area contributed by atoms with Gasteiger partial charge in [0.15, 0.2) is 5.82 Å². The molecule has 2 rings (SSSR count). The molecule has 0 saturated heterocycles. The molecule has 88 valence electrons. The van der Waals surface area contributed by atoms with Crippen LogP contribution in [0.2, 0.25) is 5.02 Å². The molecule has 2 aromatic rings. The number of hydrogen-bond acceptors (Lipinski definition) is 3. The molecule has 0 aliphatic carbocycles. The summed E-state index contributed by atoms with van der Waals surface area (Å²) in [6.07, 6.45) is 0. The predicted octanol–water partition coefficient (Wildman–Crippen LogP) is 2.24. The van der Waals surface area contributed by atoms with Crippen molar-refractivity contribution in [2.45, 2.75) is 6.92 Å². The summed E-state index contributed by atoms with van der Waals surface area (Å²) in [6, 6.07) is 4.32. The molecule has 0 saturated carbocycles. The van der Waals surface area contributed by atoms with E-state index in [-0.39, 0.29) is 22.0 Å². The van der Waals surface area contributed by atoms with Crippen molar-refractivity contribution in [3.8, 4) is 17.3 Å². The lowest BCUT2D eigenvalue weighted by Crippen LogP contribution is -2.12. The van der Waals surface area contributed by atoms with Crippen LogP contribution < -0.4 is 5.56 Å². The third-order valence-corrected chi connectivity index (χ3v) is 2.62. The van der Waals surface area contributed by atoms with Gasteiger partial charge in [0.25, 0.3) is 5.56 Å². The van der Waals surface area contributed by atoms with Crippen molar-refractivity contribution in [2.75, 3.05) is 0 Å². The SMILES string of the molecule is Cc1c(O)nc(-c2cccc(Cl)c2F)[nH]c1=O. The smallest absolute Gasteiger partial charge is 0.257 e. The minimum atomic E-state index is -0.694. The Bertz CT molecular complexity index is 640. The molecule has 0 fully saturated rings. The van der Waals surface area contributed by atoms with Crippen molar-refractivity contribution in [2.24, 2.45) is 0 Å². The fourth-order valence-corrected chi connectivity index (χ4v) is 1.51. The van der Waals surface area contributed by atoms with Crippen molar-refractivity contribution in [3.05, 3.63) is 45.0 Å². The first-order valence-corrected chi connectivity index (χ1v) is 5.12. The minimum absolute atomic E-state index is 0.0323. The third-order valence-electron chi connectivity index (χ3n) is 2.33. The van der Waals surface area contributed by atoms with Crippen LogP contribution in [-0.4, -0.2) is 15.1 Å². The van der Waals surface area contributed by atoms with Crippen molar-refractivity contribution in [1.82, 2.24) is 9.97 Å². The lowest BCUT2D eigenvalue weighted by Gasteiger charge is -2.05. The number of aromatic amines is 1. The van der Waals surface area contributed by atoms with Crippen LogP contribution in [-0.2, 0) is 0 Å². The van der Waals surface area contributed by atoms with E-state index in [1.165, 1.54) is 25.1 Å².